The molecule has 3 aromatic heterocycles. The Bertz CT molecular complexity index is 1180. The molecule has 3 aromatic rings. The van der Waals surface area contributed by atoms with Crippen molar-refractivity contribution in [1.82, 2.24) is 24.6 Å². The molecule has 3 heterocycles. The molecule has 0 aliphatic rings. The van der Waals surface area contributed by atoms with Crippen molar-refractivity contribution in [3.05, 3.63) is 41.9 Å². The van der Waals surface area contributed by atoms with E-state index in [0.29, 0.717) is 28.1 Å². The molecule has 144 valence electrons. The fraction of sp³-hybridized carbons (Fsp3) is 0.211. The average molecular weight is 387 g/mol. The van der Waals surface area contributed by atoms with Crippen LogP contribution in [0.15, 0.2) is 35.7 Å². The van der Waals surface area contributed by atoms with Crippen LogP contribution in [0.3, 0.4) is 0 Å². The van der Waals surface area contributed by atoms with E-state index in [2.05, 4.69) is 31.4 Å². The Morgan fingerprint density at radius 1 is 1.28 bits per heavy atom. The summed E-state index contributed by atoms with van der Waals surface area (Å²) in [4.78, 5) is 26.6. The molecule has 1 atom stereocenters. The summed E-state index contributed by atoms with van der Waals surface area (Å²) in [6, 6.07) is 6.85. The lowest BCUT2D eigenvalue weighted by molar-refractivity contribution is 0.100. The molecule has 3 rings (SSSR count). The summed E-state index contributed by atoms with van der Waals surface area (Å²) >= 11 is 0. The smallest absolute Gasteiger partial charge is 0.282 e. The van der Waals surface area contributed by atoms with Gasteiger partial charge >= 0.3 is 0 Å². The van der Waals surface area contributed by atoms with Gasteiger partial charge < -0.3 is 10.2 Å². The quantitative estimate of drug-likeness (QED) is 0.516. The van der Waals surface area contributed by atoms with E-state index in [1.807, 2.05) is 6.07 Å². The molecule has 10 nitrogen and oxygen atoms in total. The molecule has 10 heteroatoms. The van der Waals surface area contributed by atoms with Gasteiger partial charge in [0.15, 0.2) is 11.5 Å². The first-order chi connectivity index (χ1) is 13.9. The first-order valence-electron chi connectivity index (χ1n) is 8.58. The van der Waals surface area contributed by atoms with Crippen LogP contribution in [0.2, 0.25) is 0 Å². The molecule has 0 bridgehead atoms. The van der Waals surface area contributed by atoms with Crippen LogP contribution >= 0.6 is 0 Å². The van der Waals surface area contributed by atoms with Crippen molar-refractivity contribution in [3.8, 4) is 18.0 Å². The first-order valence-corrected chi connectivity index (χ1v) is 8.58. The molecule has 0 aromatic carbocycles. The molecule has 0 fully saturated rings. The zero-order chi connectivity index (χ0) is 21.0. The molecular formula is C19H17N9O. The highest BCUT2D eigenvalue weighted by molar-refractivity contribution is 6.03. The summed E-state index contributed by atoms with van der Waals surface area (Å²) in [5.74, 6) is -0.0921. The van der Waals surface area contributed by atoms with Gasteiger partial charge in [-0.2, -0.15) is 25.3 Å². The number of carbonyl (C=O) groups is 1. The SMILES string of the molecule is CC(C#N)Nc1cc(-n2ncc3cc(C#N)cnc32)ncc1C(=O)/N=C/N(C)C. The highest BCUT2D eigenvalue weighted by Gasteiger charge is 2.16. The number of nitrogens with zero attached hydrogens (tertiary/aromatic N) is 8. The second-order valence-electron chi connectivity index (χ2n) is 6.40. The van der Waals surface area contributed by atoms with Crippen LogP contribution in [0.5, 0.6) is 0 Å². The Balaban J connectivity index is 2.07. The third-order valence-electron chi connectivity index (χ3n) is 3.85. The second kappa shape index (κ2) is 8.15. The number of rotatable bonds is 5. The zero-order valence-electron chi connectivity index (χ0n) is 16.0. The van der Waals surface area contributed by atoms with Gasteiger partial charge in [-0.05, 0) is 13.0 Å². The Kier molecular flexibility index (Phi) is 5.47. The molecule has 1 amide bonds. The van der Waals surface area contributed by atoms with E-state index >= 15 is 0 Å². The van der Waals surface area contributed by atoms with Gasteiger partial charge in [-0.1, -0.05) is 0 Å². The number of aliphatic imine (C=N–C) groups is 1. The van der Waals surface area contributed by atoms with Gasteiger partial charge in [-0.3, -0.25) is 4.79 Å². The van der Waals surface area contributed by atoms with Gasteiger partial charge in [0.1, 0.15) is 12.1 Å². The molecule has 0 aliphatic carbocycles. The number of pyridine rings is 2. The Morgan fingerprint density at radius 2 is 2.07 bits per heavy atom. The maximum Gasteiger partial charge on any atom is 0.282 e. The van der Waals surface area contributed by atoms with Crippen molar-refractivity contribution in [2.45, 2.75) is 13.0 Å². The predicted octanol–water partition coefficient (Wildman–Crippen LogP) is 1.74. The average Bonchev–Trinajstić information content (AvgIpc) is 3.14. The standard InChI is InChI=1S/C19H17N9O/c1-12(6-20)26-16-5-17(22-10-15(16)19(29)24-11-27(2)3)28-18-14(9-25-28)4-13(7-21)8-23-18/h4-5,8-12H,1-3H3,(H,22,26)/b24-11+. The Morgan fingerprint density at radius 3 is 2.76 bits per heavy atom. The molecule has 0 saturated heterocycles. The fourth-order valence-electron chi connectivity index (χ4n) is 2.50. The number of amides is 1. The first kappa shape index (κ1) is 19.5. The third kappa shape index (κ3) is 4.17. The van der Waals surface area contributed by atoms with Crippen LogP contribution in [0, 0.1) is 22.7 Å². The molecule has 0 saturated carbocycles. The number of nitrogens with one attached hydrogen (secondary N) is 1. The minimum absolute atomic E-state index is 0.227. The van der Waals surface area contributed by atoms with E-state index in [9.17, 15) is 4.79 Å². The largest absolute Gasteiger partial charge is 0.369 e. The summed E-state index contributed by atoms with van der Waals surface area (Å²) in [6.45, 7) is 1.67. The molecule has 1 unspecified atom stereocenters. The molecule has 0 aliphatic heterocycles. The van der Waals surface area contributed by atoms with Crippen molar-refractivity contribution in [3.63, 3.8) is 0 Å². The molecule has 29 heavy (non-hydrogen) atoms. The maximum absolute atomic E-state index is 12.5. The summed E-state index contributed by atoms with van der Waals surface area (Å²) in [7, 11) is 3.51. The van der Waals surface area contributed by atoms with Crippen molar-refractivity contribution in [1.29, 1.82) is 10.5 Å². The Hall–Kier alpha value is -4.31. The van der Waals surface area contributed by atoms with Gasteiger partial charge in [-0.25, -0.2) is 9.97 Å². The topological polar surface area (TPSA) is 136 Å². The van der Waals surface area contributed by atoms with Crippen LogP contribution in [0.4, 0.5) is 5.69 Å². The fourth-order valence-corrected chi connectivity index (χ4v) is 2.50. The van der Waals surface area contributed by atoms with Crippen LogP contribution < -0.4 is 5.32 Å². The molecule has 0 spiro atoms. The predicted molar refractivity (Wildman–Crippen MR) is 107 cm³/mol. The van der Waals surface area contributed by atoms with Crippen LogP contribution in [-0.4, -0.2) is 57.0 Å². The third-order valence-corrected chi connectivity index (χ3v) is 3.85. The lowest BCUT2D eigenvalue weighted by atomic mass is 10.2. The highest BCUT2D eigenvalue weighted by atomic mass is 16.1. The number of hydrogen-bond acceptors (Lipinski definition) is 7. The minimum Gasteiger partial charge on any atom is -0.369 e. The zero-order valence-corrected chi connectivity index (χ0v) is 16.0. The van der Waals surface area contributed by atoms with E-state index < -0.39 is 11.9 Å². The summed E-state index contributed by atoms with van der Waals surface area (Å²) in [6.07, 6.45) is 5.81. The van der Waals surface area contributed by atoms with Gasteiger partial charge in [0.05, 0.1) is 35.4 Å². The normalized spacial score (nSPS) is 11.8. The summed E-state index contributed by atoms with van der Waals surface area (Å²) < 4.78 is 1.50. The monoisotopic (exact) mass is 387 g/mol. The van der Waals surface area contributed by atoms with E-state index in [1.54, 1.807) is 44.2 Å². The van der Waals surface area contributed by atoms with Crippen molar-refractivity contribution >= 4 is 29.0 Å². The summed E-state index contributed by atoms with van der Waals surface area (Å²) in [5.41, 5.74) is 1.57. The minimum atomic E-state index is -0.541. The van der Waals surface area contributed by atoms with E-state index in [0.717, 1.165) is 0 Å². The second-order valence-corrected chi connectivity index (χ2v) is 6.40. The van der Waals surface area contributed by atoms with Crippen LogP contribution in [-0.2, 0) is 0 Å². The van der Waals surface area contributed by atoms with Crippen LogP contribution in [0.25, 0.3) is 16.9 Å². The number of nitriles is 2. The Labute approximate surface area is 166 Å². The van der Waals surface area contributed by atoms with Crippen molar-refractivity contribution in [2.24, 2.45) is 4.99 Å². The van der Waals surface area contributed by atoms with Crippen molar-refractivity contribution in [2.75, 3.05) is 19.4 Å². The number of fused-ring (bicyclic) bond motifs is 1. The number of carbonyl (C=O) groups excluding carboxylic acids is 1. The molecule has 1 N–H and O–H groups in total. The number of aromatic nitrogens is 4. The lowest BCUT2D eigenvalue weighted by Gasteiger charge is -2.13. The lowest BCUT2D eigenvalue weighted by Crippen LogP contribution is -2.17. The van der Waals surface area contributed by atoms with Gasteiger partial charge in [-0.15, -0.1) is 0 Å². The van der Waals surface area contributed by atoms with Gasteiger partial charge in [0.2, 0.25) is 0 Å². The van der Waals surface area contributed by atoms with E-state index in [4.69, 9.17) is 10.5 Å². The van der Waals surface area contributed by atoms with Crippen molar-refractivity contribution < 1.29 is 4.79 Å². The molecular weight excluding hydrogens is 370 g/mol. The van der Waals surface area contributed by atoms with Crippen LogP contribution in [0.1, 0.15) is 22.8 Å². The van der Waals surface area contributed by atoms with E-state index in [-0.39, 0.29) is 5.56 Å². The maximum atomic E-state index is 12.5. The highest BCUT2D eigenvalue weighted by Crippen LogP contribution is 2.22. The van der Waals surface area contributed by atoms with E-state index in [1.165, 1.54) is 23.4 Å². The number of anilines is 1. The number of hydrogen-bond donors (Lipinski definition) is 1. The van der Waals surface area contributed by atoms with Gasteiger partial charge in [0.25, 0.3) is 5.91 Å². The summed E-state index contributed by atoms with van der Waals surface area (Å²) in [5, 5.41) is 26.1. The van der Waals surface area contributed by atoms with Gasteiger partial charge in [0, 0.05) is 37.9 Å². The molecule has 0 radical (unpaired) electrons.